The SMILES string of the molecule is COC(=O)C(NCc1ccc(CO)o1)c1ccccc1. The monoisotopic (exact) mass is 275 g/mol. The molecule has 1 atom stereocenters. The summed E-state index contributed by atoms with van der Waals surface area (Å²) in [6.45, 7) is 0.230. The lowest BCUT2D eigenvalue weighted by atomic mass is 10.1. The second-order valence-electron chi connectivity index (χ2n) is 4.27. The Kier molecular flexibility index (Phi) is 4.92. The van der Waals surface area contributed by atoms with Gasteiger partial charge in [-0.1, -0.05) is 30.3 Å². The van der Waals surface area contributed by atoms with Crippen molar-refractivity contribution in [3.05, 3.63) is 59.5 Å². The average molecular weight is 275 g/mol. The van der Waals surface area contributed by atoms with Crippen molar-refractivity contribution in [3.63, 3.8) is 0 Å². The van der Waals surface area contributed by atoms with Crippen LogP contribution in [0.25, 0.3) is 0 Å². The molecule has 1 aromatic carbocycles. The minimum atomic E-state index is -0.552. The fourth-order valence-corrected chi connectivity index (χ4v) is 1.91. The lowest BCUT2D eigenvalue weighted by Gasteiger charge is -2.16. The first-order valence-corrected chi connectivity index (χ1v) is 6.29. The molecule has 5 nitrogen and oxygen atoms in total. The molecular weight excluding hydrogens is 258 g/mol. The summed E-state index contributed by atoms with van der Waals surface area (Å²) in [5.41, 5.74) is 0.827. The Labute approximate surface area is 117 Å². The van der Waals surface area contributed by atoms with Crippen LogP contribution in [0.2, 0.25) is 0 Å². The summed E-state index contributed by atoms with van der Waals surface area (Å²) in [4.78, 5) is 11.8. The number of hydrogen-bond acceptors (Lipinski definition) is 5. The van der Waals surface area contributed by atoms with Gasteiger partial charge in [0, 0.05) is 0 Å². The summed E-state index contributed by atoms with van der Waals surface area (Å²) in [7, 11) is 1.36. The minimum absolute atomic E-state index is 0.140. The largest absolute Gasteiger partial charge is 0.468 e. The van der Waals surface area contributed by atoms with Gasteiger partial charge in [-0.05, 0) is 17.7 Å². The Balaban J connectivity index is 2.07. The molecule has 0 saturated heterocycles. The van der Waals surface area contributed by atoms with E-state index in [1.165, 1.54) is 7.11 Å². The van der Waals surface area contributed by atoms with E-state index in [0.717, 1.165) is 5.56 Å². The number of methoxy groups -OCH3 is 1. The Morgan fingerprint density at radius 3 is 2.55 bits per heavy atom. The van der Waals surface area contributed by atoms with E-state index in [2.05, 4.69) is 5.32 Å². The third kappa shape index (κ3) is 3.46. The van der Waals surface area contributed by atoms with Crippen molar-refractivity contribution in [2.75, 3.05) is 7.11 Å². The summed E-state index contributed by atoms with van der Waals surface area (Å²) < 4.78 is 10.2. The van der Waals surface area contributed by atoms with Crippen molar-refractivity contribution in [3.8, 4) is 0 Å². The van der Waals surface area contributed by atoms with Crippen LogP contribution in [0.4, 0.5) is 0 Å². The molecule has 0 radical (unpaired) electrons. The van der Waals surface area contributed by atoms with Crippen LogP contribution in [-0.2, 0) is 22.7 Å². The third-order valence-electron chi connectivity index (χ3n) is 2.92. The summed E-state index contributed by atoms with van der Waals surface area (Å²) >= 11 is 0. The van der Waals surface area contributed by atoms with Crippen molar-refractivity contribution in [2.45, 2.75) is 19.2 Å². The predicted octanol–water partition coefficient (Wildman–Crippen LogP) is 1.78. The van der Waals surface area contributed by atoms with E-state index in [-0.39, 0.29) is 12.6 Å². The number of furan rings is 1. The van der Waals surface area contributed by atoms with Gasteiger partial charge in [-0.15, -0.1) is 0 Å². The van der Waals surface area contributed by atoms with Crippen molar-refractivity contribution >= 4 is 5.97 Å². The fraction of sp³-hybridized carbons (Fsp3) is 0.267. The number of benzene rings is 1. The zero-order valence-corrected chi connectivity index (χ0v) is 11.2. The van der Waals surface area contributed by atoms with Crippen molar-refractivity contribution in [1.82, 2.24) is 5.32 Å². The van der Waals surface area contributed by atoms with Crippen LogP contribution in [-0.4, -0.2) is 18.2 Å². The van der Waals surface area contributed by atoms with Gasteiger partial charge < -0.3 is 14.3 Å². The molecule has 0 bridgehead atoms. The maximum Gasteiger partial charge on any atom is 0.327 e. The second kappa shape index (κ2) is 6.88. The quantitative estimate of drug-likeness (QED) is 0.786. The molecule has 1 heterocycles. The molecule has 20 heavy (non-hydrogen) atoms. The normalized spacial score (nSPS) is 12.1. The zero-order chi connectivity index (χ0) is 14.4. The third-order valence-corrected chi connectivity index (χ3v) is 2.92. The Morgan fingerprint density at radius 1 is 1.25 bits per heavy atom. The Hall–Kier alpha value is -2.11. The van der Waals surface area contributed by atoms with Crippen molar-refractivity contribution in [1.29, 1.82) is 0 Å². The molecule has 106 valence electrons. The fourth-order valence-electron chi connectivity index (χ4n) is 1.91. The molecule has 0 amide bonds. The smallest absolute Gasteiger partial charge is 0.327 e. The van der Waals surface area contributed by atoms with Gasteiger partial charge >= 0.3 is 5.97 Å². The van der Waals surface area contributed by atoms with Gasteiger partial charge in [0.2, 0.25) is 0 Å². The van der Waals surface area contributed by atoms with Crippen molar-refractivity contribution < 1.29 is 19.1 Å². The van der Waals surface area contributed by atoms with Crippen LogP contribution in [0.3, 0.4) is 0 Å². The first kappa shape index (κ1) is 14.3. The summed E-state index contributed by atoms with van der Waals surface area (Å²) in [6, 6.07) is 12.2. The van der Waals surface area contributed by atoms with Crippen molar-refractivity contribution in [2.24, 2.45) is 0 Å². The Morgan fingerprint density at radius 2 is 1.95 bits per heavy atom. The highest BCUT2D eigenvalue weighted by atomic mass is 16.5. The highest BCUT2D eigenvalue weighted by molar-refractivity contribution is 5.77. The van der Waals surface area contributed by atoms with Gasteiger partial charge in [0.05, 0.1) is 13.7 Å². The molecule has 0 spiro atoms. The maximum absolute atomic E-state index is 11.8. The molecule has 0 saturated carbocycles. The summed E-state index contributed by atoms with van der Waals surface area (Å²) in [6.07, 6.45) is 0. The maximum atomic E-state index is 11.8. The minimum Gasteiger partial charge on any atom is -0.468 e. The number of hydrogen-bond donors (Lipinski definition) is 2. The van der Waals surface area contributed by atoms with Gasteiger partial charge in [0.25, 0.3) is 0 Å². The molecule has 1 unspecified atom stereocenters. The highest BCUT2D eigenvalue weighted by Crippen LogP contribution is 2.16. The standard InChI is InChI=1S/C15H17NO4/c1-19-15(18)14(11-5-3-2-4-6-11)16-9-12-7-8-13(10-17)20-12/h2-8,14,16-17H,9-10H2,1H3. The molecule has 2 N–H and O–H groups in total. The van der Waals surface area contributed by atoms with Gasteiger partial charge in [-0.25, -0.2) is 4.79 Å². The van der Waals surface area contributed by atoms with E-state index in [0.29, 0.717) is 18.1 Å². The van der Waals surface area contributed by atoms with E-state index in [4.69, 9.17) is 14.3 Å². The Bertz CT molecular complexity index is 550. The van der Waals surface area contributed by atoms with E-state index in [1.54, 1.807) is 12.1 Å². The molecule has 2 aromatic rings. The number of aliphatic hydroxyl groups excluding tert-OH is 1. The van der Waals surface area contributed by atoms with E-state index in [9.17, 15) is 4.79 Å². The molecule has 2 rings (SSSR count). The summed E-state index contributed by atoms with van der Waals surface area (Å²) in [5, 5.41) is 12.0. The number of carbonyl (C=O) groups excluding carboxylic acids is 1. The predicted molar refractivity (Wildman–Crippen MR) is 72.7 cm³/mol. The first-order valence-electron chi connectivity index (χ1n) is 6.29. The van der Waals surface area contributed by atoms with E-state index in [1.807, 2.05) is 30.3 Å². The van der Waals surface area contributed by atoms with Gasteiger partial charge in [0.1, 0.15) is 24.2 Å². The zero-order valence-electron chi connectivity index (χ0n) is 11.2. The van der Waals surface area contributed by atoms with Gasteiger partial charge in [0.15, 0.2) is 0 Å². The molecule has 0 fully saturated rings. The van der Waals surface area contributed by atoms with Crippen LogP contribution < -0.4 is 5.32 Å². The topological polar surface area (TPSA) is 71.7 Å². The number of aliphatic hydroxyl groups is 1. The molecular formula is C15H17NO4. The van der Waals surface area contributed by atoms with Crippen LogP contribution in [0.1, 0.15) is 23.1 Å². The number of nitrogens with one attached hydrogen (secondary N) is 1. The molecule has 0 aliphatic rings. The van der Waals surface area contributed by atoms with Crippen LogP contribution in [0.15, 0.2) is 46.9 Å². The average Bonchev–Trinajstić information content (AvgIpc) is 2.96. The lowest BCUT2D eigenvalue weighted by molar-refractivity contribution is -0.143. The number of carbonyl (C=O) groups is 1. The molecule has 1 aromatic heterocycles. The van der Waals surface area contributed by atoms with Crippen LogP contribution in [0.5, 0.6) is 0 Å². The highest BCUT2D eigenvalue weighted by Gasteiger charge is 2.20. The van der Waals surface area contributed by atoms with Gasteiger partial charge in [-0.2, -0.15) is 0 Å². The van der Waals surface area contributed by atoms with Gasteiger partial charge in [-0.3, -0.25) is 5.32 Å². The lowest BCUT2D eigenvalue weighted by Crippen LogP contribution is -2.29. The second-order valence-corrected chi connectivity index (χ2v) is 4.27. The van der Waals surface area contributed by atoms with Crippen LogP contribution >= 0.6 is 0 Å². The van der Waals surface area contributed by atoms with E-state index >= 15 is 0 Å². The molecule has 0 aliphatic carbocycles. The van der Waals surface area contributed by atoms with E-state index < -0.39 is 6.04 Å². The molecule has 0 aliphatic heterocycles. The number of esters is 1. The summed E-state index contributed by atoms with van der Waals surface area (Å²) in [5.74, 6) is 0.792. The first-order chi connectivity index (χ1) is 9.74. The number of ether oxygens (including phenoxy) is 1. The van der Waals surface area contributed by atoms with Crippen LogP contribution in [0, 0.1) is 0 Å². The number of rotatable bonds is 6. The molecule has 5 heteroatoms.